The maximum Gasteiger partial charge on any atom is 0.409 e. The van der Waals surface area contributed by atoms with E-state index >= 15 is 0 Å². The second-order valence-electron chi connectivity index (χ2n) is 4.91. The van der Waals surface area contributed by atoms with Crippen molar-refractivity contribution in [3.8, 4) is 0 Å². The van der Waals surface area contributed by atoms with E-state index in [2.05, 4.69) is 5.32 Å². The minimum Gasteiger partial charge on any atom is -0.456 e. The van der Waals surface area contributed by atoms with Gasteiger partial charge < -0.3 is 23.7 Å². The topological polar surface area (TPSA) is 126 Å². The Morgan fingerprint density at radius 1 is 0.958 bits per heavy atom. The van der Waals surface area contributed by atoms with Gasteiger partial charge in [-0.1, -0.05) is 0 Å². The normalized spacial score (nSPS) is 26.0. The summed E-state index contributed by atoms with van der Waals surface area (Å²) in [7, 11) is 0. The third kappa shape index (κ3) is 6.03. The molecule has 1 heterocycles. The highest BCUT2D eigenvalue weighted by Crippen LogP contribution is 2.23. The van der Waals surface area contributed by atoms with Gasteiger partial charge in [0, 0.05) is 20.8 Å². The molecule has 0 aromatic heterocycles. The number of alkyl carbamates (subject to hydrolysis) is 1. The number of carbonyl (C=O) groups is 4. The van der Waals surface area contributed by atoms with Gasteiger partial charge in [-0.15, -0.1) is 0 Å². The SMILES string of the molecule is CCOC(=O)N[C@@H]1OC[C@@H](OC(C)=O)[C@@H](OC(C)=O)[C@@H]1OC(C)=O. The van der Waals surface area contributed by atoms with Crippen LogP contribution in [0.5, 0.6) is 0 Å². The second-order valence-corrected chi connectivity index (χ2v) is 4.91. The third-order valence-corrected chi connectivity index (χ3v) is 2.89. The molecule has 0 aromatic rings. The monoisotopic (exact) mass is 347 g/mol. The first kappa shape index (κ1) is 19.7. The summed E-state index contributed by atoms with van der Waals surface area (Å²) in [5.41, 5.74) is 0. The number of amides is 1. The molecule has 0 aromatic carbocycles. The maximum absolute atomic E-state index is 11.6. The third-order valence-electron chi connectivity index (χ3n) is 2.89. The molecule has 10 heteroatoms. The molecule has 0 bridgehead atoms. The van der Waals surface area contributed by atoms with Crippen molar-refractivity contribution in [2.75, 3.05) is 13.2 Å². The molecule has 1 fully saturated rings. The van der Waals surface area contributed by atoms with E-state index in [1.165, 1.54) is 6.92 Å². The predicted molar refractivity (Wildman–Crippen MR) is 76.6 cm³/mol. The lowest BCUT2D eigenvalue weighted by Gasteiger charge is -2.40. The van der Waals surface area contributed by atoms with E-state index in [0.717, 1.165) is 13.8 Å². The van der Waals surface area contributed by atoms with Crippen LogP contribution >= 0.6 is 0 Å². The lowest BCUT2D eigenvalue weighted by Crippen LogP contribution is -2.62. The fraction of sp³-hybridized carbons (Fsp3) is 0.714. The number of nitrogens with one attached hydrogen (secondary N) is 1. The summed E-state index contributed by atoms with van der Waals surface area (Å²) in [6, 6.07) is 0. The van der Waals surface area contributed by atoms with Gasteiger partial charge in [0.15, 0.2) is 24.5 Å². The molecule has 1 rings (SSSR count). The molecule has 1 saturated heterocycles. The van der Waals surface area contributed by atoms with Crippen molar-refractivity contribution in [1.82, 2.24) is 5.32 Å². The van der Waals surface area contributed by atoms with Crippen LogP contribution < -0.4 is 5.32 Å². The van der Waals surface area contributed by atoms with E-state index in [1.54, 1.807) is 6.92 Å². The number of rotatable bonds is 5. The van der Waals surface area contributed by atoms with Gasteiger partial charge in [0.2, 0.25) is 0 Å². The Balaban J connectivity index is 3.01. The zero-order chi connectivity index (χ0) is 18.3. The summed E-state index contributed by atoms with van der Waals surface area (Å²) in [6.45, 7) is 5.03. The Labute approximate surface area is 138 Å². The van der Waals surface area contributed by atoms with Crippen molar-refractivity contribution in [3.63, 3.8) is 0 Å². The average molecular weight is 347 g/mol. The van der Waals surface area contributed by atoms with E-state index in [0.29, 0.717) is 0 Å². The van der Waals surface area contributed by atoms with Gasteiger partial charge in [-0.2, -0.15) is 0 Å². The lowest BCUT2D eigenvalue weighted by atomic mass is 10.0. The number of esters is 3. The molecule has 1 amide bonds. The van der Waals surface area contributed by atoms with E-state index < -0.39 is 48.5 Å². The zero-order valence-corrected chi connectivity index (χ0v) is 13.9. The van der Waals surface area contributed by atoms with Crippen LogP contribution in [-0.2, 0) is 38.1 Å². The maximum atomic E-state index is 11.6. The van der Waals surface area contributed by atoms with Gasteiger partial charge in [-0.05, 0) is 6.92 Å². The highest BCUT2D eigenvalue weighted by molar-refractivity contribution is 5.69. The quantitative estimate of drug-likeness (QED) is 0.535. The molecule has 0 radical (unpaired) electrons. The molecule has 1 aliphatic rings. The van der Waals surface area contributed by atoms with Crippen LogP contribution in [-0.4, -0.2) is 61.8 Å². The Morgan fingerprint density at radius 3 is 2.00 bits per heavy atom. The van der Waals surface area contributed by atoms with Gasteiger partial charge in [0.25, 0.3) is 0 Å². The highest BCUT2D eigenvalue weighted by atomic mass is 16.6. The zero-order valence-electron chi connectivity index (χ0n) is 13.9. The summed E-state index contributed by atoms with van der Waals surface area (Å²) in [5, 5.41) is 2.36. The Bertz CT molecular complexity index is 493. The Hall–Kier alpha value is -2.36. The van der Waals surface area contributed by atoms with Crippen LogP contribution in [0.15, 0.2) is 0 Å². The molecule has 1 N–H and O–H groups in total. The molecular formula is C14H21NO9. The molecule has 24 heavy (non-hydrogen) atoms. The average Bonchev–Trinajstić information content (AvgIpc) is 2.44. The molecule has 0 spiro atoms. The smallest absolute Gasteiger partial charge is 0.409 e. The molecule has 136 valence electrons. The predicted octanol–water partition coefficient (Wildman–Crippen LogP) is -0.116. The lowest BCUT2D eigenvalue weighted by molar-refractivity contribution is -0.228. The molecule has 4 atom stereocenters. The van der Waals surface area contributed by atoms with Crippen molar-refractivity contribution in [3.05, 3.63) is 0 Å². The van der Waals surface area contributed by atoms with Gasteiger partial charge in [-0.25, -0.2) is 4.79 Å². The second kappa shape index (κ2) is 9.06. The molecule has 10 nitrogen and oxygen atoms in total. The van der Waals surface area contributed by atoms with E-state index in [-0.39, 0.29) is 13.2 Å². The number of hydrogen-bond acceptors (Lipinski definition) is 9. The van der Waals surface area contributed by atoms with Crippen LogP contribution in [0.4, 0.5) is 4.79 Å². The molecule has 0 saturated carbocycles. The van der Waals surface area contributed by atoms with Crippen molar-refractivity contribution >= 4 is 24.0 Å². The van der Waals surface area contributed by atoms with Gasteiger partial charge in [-0.3, -0.25) is 19.7 Å². The van der Waals surface area contributed by atoms with Crippen molar-refractivity contribution in [1.29, 1.82) is 0 Å². The van der Waals surface area contributed by atoms with Gasteiger partial charge in [0.1, 0.15) is 0 Å². The summed E-state index contributed by atoms with van der Waals surface area (Å²) in [5.74, 6) is -2.00. The first-order valence-electron chi connectivity index (χ1n) is 7.31. The van der Waals surface area contributed by atoms with Gasteiger partial charge in [0.05, 0.1) is 13.2 Å². The van der Waals surface area contributed by atoms with Crippen molar-refractivity contribution in [2.24, 2.45) is 0 Å². The van der Waals surface area contributed by atoms with E-state index in [4.69, 9.17) is 23.7 Å². The highest BCUT2D eigenvalue weighted by Gasteiger charge is 2.47. The van der Waals surface area contributed by atoms with E-state index in [1.807, 2.05) is 0 Å². The molecule has 0 aliphatic carbocycles. The minimum atomic E-state index is -1.21. The summed E-state index contributed by atoms with van der Waals surface area (Å²) < 4.78 is 25.4. The molecule has 1 aliphatic heterocycles. The standard InChI is InChI=1S/C14H21NO9/c1-5-20-14(19)15-13-12(24-9(4)18)11(23-8(3)17)10(6-21-13)22-7(2)16/h10-13H,5-6H2,1-4H3,(H,15,19)/t10-,11-,12+,13-/m1/s1. The number of ether oxygens (including phenoxy) is 5. The molecular weight excluding hydrogens is 326 g/mol. The van der Waals surface area contributed by atoms with Crippen molar-refractivity contribution in [2.45, 2.75) is 52.2 Å². The van der Waals surface area contributed by atoms with Crippen LogP contribution in [0, 0.1) is 0 Å². The van der Waals surface area contributed by atoms with Crippen LogP contribution in [0.1, 0.15) is 27.7 Å². The summed E-state index contributed by atoms with van der Waals surface area (Å²) >= 11 is 0. The fourth-order valence-corrected chi connectivity index (χ4v) is 2.15. The first-order valence-corrected chi connectivity index (χ1v) is 7.31. The minimum absolute atomic E-state index is 0.125. The Morgan fingerprint density at radius 2 is 1.50 bits per heavy atom. The summed E-state index contributed by atoms with van der Waals surface area (Å²) in [6.07, 6.45) is -5.28. The summed E-state index contributed by atoms with van der Waals surface area (Å²) in [4.78, 5) is 45.5. The van der Waals surface area contributed by atoms with Crippen LogP contribution in [0.25, 0.3) is 0 Å². The van der Waals surface area contributed by atoms with Gasteiger partial charge >= 0.3 is 24.0 Å². The first-order chi connectivity index (χ1) is 11.2. The van der Waals surface area contributed by atoms with Crippen molar-refractivity contribution < 1.29 is 42.9 Å². The van der Waals surface area contributed by atoms with Crippen LogP contribution in [0.3, 0.4) is 0 Å². The fourth-order valence-electron chi connectivity index (χ4n) is 2.15. The Kier molecular flexibility index (Phi) is 7.43. The largest absolute Gasteiger partial charge is 0.456 e. The van der Waals surface area contributed by atoms with Crippen LogP contribution in [0.2, 0.25) is 0 Å². The number of carbonyl (C=O) groups excluding carboxylic acids is 4. The number of hydrogen-bond donors (Lipinski definition) is 1. The molecule has 0 unspecified atom stereocenters. The van der Waals surface area contributed by atoms with E-state index in [9.17, 15) is 19.2 Å².